The minimum absolute atomic E-state index is 0.0942. The van der Waals surface area contributed by atoms with E-state index in [0.29, 0.717) is 5.92 Å². The number of likely N-dealkylation sites (tertiary alicyclic amines) is 1. The summed E-state index contributed by atoms with van der Waals surface area (Å²) >= 11 is 1.65. The van der Waals surface area contributed by atoms with E-state index in [0.717, 1.165) is 65.6 Å². The minimum Gasteiger partial charge on any atom is -0.356 e. The first-order valence-electron chi connectivity index (χ1n) is 8.86. The molecule has 2 aromatic rings. The fraction of sp³-hybridized carbons (Fsp3) is 0.526. The lowest BCUT2D eigenvalue weighted by atomic mass is 9.98. The van der Waals surface area contributed by atoms with Crippen molar-refractivity contribution in [1.29, 1.82) is 0 Å². The first-order chi connectivity index (χ1) is 11.9. The molecule has 6 heteroatoms. The van der Waals surface area contributed by atoms with Crippen LogP contribution in [-0.2, 0) is 11.2 Å². The van der Waals surface area contributed by atoms with Crippen molar-refractivity contribution in [2.75, 3.05) is 13.1 Å². The van der Waals surface area contributed by atoms with E-state index in [2.05, 4.69) is 17.3 Å². The largest absolute Gasteiger partial charge is 0.356 e. The first-order valence-corrected chi connectivity index (χ1v) is 9.74. The highest BCUT2D eigenvalue weighted by atomic mass is 32.1. The fourth-order valence-electron chi connectivity index (χ4n) is 3.78. The lowest BCUT2D eigenvalue weighted by molar-refractivity contribution is -0.130. The van der Waals surface area contributed by atoms with E-state index in [9.17, 15) is 9.59 Å². The van der Waals surface area contributed by atoms with Crippen LogP contribution in [0.15, 0.2) is 5.38 Å². The molecular weight excluding hydrogens is 334 g/mol. The molecule has 0 bridgehead atoms. The van der Waals surface area contributed by atoms with Gasteiger partial charge in [-0.05, 0) is 38.7 Å². The van der Waals surface area contributed by atoms with Crippen molar-refractivity contribution in [1.82, 2.24) is 14.9 Å². The molecule has 0 saturated carbocycles. The number of nitrogens with zero attached hydrogens (tertiary/aromatic N) is 2. The standard InChI is InChI=1S/C19H25N3O2S/c1-5-15-17(12(3)23)11(2)20-18(15)16-10-25-19(21-16)14-7-6-8-22(9-14)13(4)24/h10,14,20H,5-9H2,1-4H3. The van der Waals surface area contributed by atoms with E-state index in [1.165, 1.54) is 0 Å². The fourth-order valence-corrected chi connectivity index (χ4v) is 4.72. The molecule has 3 rings (SSSR count). The quantitative estimate of drug-likeness (QED) is 0.841. The van der Waals surface area contributed by atoms with E-state index in [4.69, 9.17) is 4.98 Å². The molecular formula is C19H25N3O2S. The Morgan fingerprint density at radius 3 is 2.80 bits per heavy atom. The van der Waals surface area contributed by atoms with Crippen molar-refractivity contribution >= 4 is 23.0 Å². The third kappa shape index (κ3) is 3.40. The Hall–Kier alpha value is -1.95. The Bertz CT molecular complexity index is 806. The van der Waals surface area contributed by atoms with Crippen molar-refractivity contribution in [2.24, 2.45) is 0 Å². The van der Waals surface area contributed by atoms with Crippen LogP contribution in [0.25, 0.3) is 11.4 Å². The number of aryl methyl sites for hydroxylation is 1. The molecule has 1 N–H and O–H groups in total. The van der Waals surface area contributed by atoms with Gasteiger partial charge in [-0.15, -0.1) is 11.3 Å². The molecule has 1 saturated heterocycles. The van der Waals surface area contributed by atoms with E-state index >= 15 is 0 Å². The van der Waals surface area contributed by atoms with Crippen molar-refractivity contribution in [3.05, 3.63) is 27.2 Å². The molecule has 5 nitrogen and oxygen atoms in total. The van der Waals surface area contributed by atoms with Crippen molar-refractivity contribution < 1.29 is 9.59 Å². The average Bonchev–Trinajstić information content (AvgIpc) is 3.18. The number of hydrogen-bond acceptors (Lipinski definition) is 4. The van der Waals surface area contributed by atoms with Crippen LogP contribution in [0.4, 0.5) is 0 Å². The Labute approximate surface area is 152 Å². The van der Waals surface area contributed by atoms with Crippen LogP contribution in [0, 0.1) is 6.92 Å². The number of hydrogen-bond donors (Lipinski definition) is 1. The zero-order valence-corrected chi connectivity index (χ0v) is 16.1. The molecule has 1 aliphatic rings. The summed E-state index contributed by atoms with van der Waals surface area (Å²) in [4.78, 5) is 33.8. The van der Waals surface area contributed by atoms with Crippen LogP contribution in [0.3, 0.4) is 0 Å². The predicted octanol–water partition coefficient (Wildman–Crippen LogP) is 3.94. The van der Waals surface area contributed by atoms with Gasteiger partial charge in [0.15, 0.2) is 5.78 Å². The third-order valence-electron chi connectivity index (χ3n) is 4.99. The maximum absolute atomic E-state index is 12.0. The first kappa shape index (κ1) is 17.9. The number of piperidine rings is 1. The van der Waals surface area contributed by atoms with Gasteiger partial charge in [0.25, 0.3) is 0 Å². The maximum atomic E-state index is 12.0. The SMILES string of the molecule is CCc1c(-c2csc(C3CCCN(C(C)=O)C3)n2)[nH]c(C)c1C(C)=O. The summed E-state index contributed by atoms with van der Waals surface area (Å²) in [5, 5.41) is 3.15. The van der Waals surface area contributed by atoms with Gasteiger partial charge in [-0.1, -0.05) is 6.92 Å². The van der Waals surface area contributed by atoms with Crippen LogP contribution in [-0.4, -0.2) is 39.6 Å². The van der Waals surface area contributed by atoms with Gasteiger partial charge in [-0.25, -0.2) is 4.98 Å². The molecule has 134 valence electrons. The second kappa shape index (κ2) is 7.12. The molecule has 3 heterocycles. The third-order valence-corrected chi connectivity index (χ3v) is 6.00. The molecule has 25 heavy (non-hydrogen) atoms. The van der Waals surface area contributed by atoms with Gasteiger partial charge >= 0.3 is 0 Å². The van der Waals surface area contributed by atoms with Crippen molar-refractivity contribution in [2.45, 2.75) is 52.9 Å². The van der Waals surface area contributed by atoms with Gasteiger partial charge in [0.05, 0.1) is 16.4 Å². The Kier molecular flexibility index (Phi) is 5.08. The predicted molar refractivity (Wildman–Crippen MR) is 100 cm³/mol. The number of Topliss-reactive ketones (excluding diaryl/α,β-unsaturated/α-hetero) is 1. The summed E-state index contributed by atoms with van der Waals surface area (Å²) < 4.78 is 0. The van der Waals surface area contributed by atoms with Crippen molar-refractivity contribution in [3.63, 3.8) is 0 Å². The molecule has 0 radical (unpaired) electrons. The molecule has 1 fully saturated rings. The number of H-pyrrole nitrogens is 1. The highest BCUT2D eigenvalue weighted by Crippen LogP contribution is 2.34. The van der Waals surface area contributed by atoms with Gasteiger partial charge in [0, 0.05) is 42.6 Å². The number of carbonyl (C=O) groups is 2. The number of amides is 1. The molecule has 1 amide bonds. The number of rotatable bonds is 4. The summed E-state index contributed by atoms with van der Waals surface area (Å²) in [6.07, 6.45) is 2.89. The van der Waals surface area contributed by atoms with Crippen LogP contribution < -0.4 is 0 Å². The number of thiazole rings is 1. The van der Waals surface area contributed by atoms with Gasteiger partial charge in [0.2, 0.25) is 5.91 Å². The topological polar surface area (TPSA) is 66.1 Å². The van der Waals surface area contributed by atoms with Crippen molar-refractivity contribution in [3.8, 4) is 11.4 Å². The van der Waals surface area contributed by atoms with E-state index in [1.54, 1.807) is 25.2 Å². The zero-order chi connectivity index (χ0) is 18.1. The summed E-state index contributed by atoms with van der Waals surface area (Å²) in [6, 6.07) is 0. The number of aromatic nitrogens is 2. The van der Waals surface area contributed by atoms with E-state index < -0.39 is 0 Å². The molecule has 0 spiro atoms. The van der Waals surface area contributed by atoms with E-state index in [1.807, 2.05) is 11.8 Å². The van der Waals surface area contributed by atoms with E-state index in [-0.39, 0.29) is 11.7 Å². The number of ketones is 1. The normalized spacial score (nSPS) is 17.8. The average molecular weight is 359 g/mol. The van der Waals surface area contributed by atoms with Gasteiger partial charge in [-0.2, -0.15) is 0 Å². The minimum atomic E-state index is 0.0942. The number of aromatic amines is 1. The van der Waals surface area contributed by atoms with Crippen LogP contribution in [0.5, 0.6) is 0 Å². The Morgan fingerprint density at radius 1 is 1.40 bits per heavy atom. The molecule has 1 aliphatic heterocycles. The lowest BCUT2D eigenvalue weighted by Crippen LogP contribution is -2.37. The van der Waals surface area contributed by atoms with Gasteiger partial charge in [-0.3, -0.25) is 9.59 Å². The molecule has 2 aromatic heterocycles. The smallest absolute Gasteiger partial charge is 0.219 e. The second-order valence-corrected chi connectivity index (χ2v) is 7.65. The highest BCUT2D eigenvalue weighted by molar-refractivity contribution is 7.10. The maximum Gasteiger partial charge on any atom is 0.219 e. The highest BCUT2D eigenvalue weighted by Gasteiger charge is 2.26. The molecule has 0 aromatic carbocycles. The van der Waals surface area contributed by atoms with Gasteiger partial charge < -0.3 is 9.88 Å². The summed E-state index contributed by atoms with van der Waals surface area (Å²) in [7, 11) is 0. The monoisotopic (exact) mass is 359 g/mol. The number of carbonyl (C=O) groups excluding carboxylic acids is 2. The summed E-state index contributed by atoms with van der Waals surface area (Å²) in [5.41, 5.74) is 4.64. The Morgan fingerprint density at radius 2 is 2.16 bits per heavy atom. The van der Waals surface area contributed by atoms with Crippen LogP contribution in [0.1, 0.15) is 66.2 Å². The molecule has 1 atom stereocenters. The van der Waals surface area contributed by atoms with Gasteiger partial charge in [0.1, 0.15) is 0 Å². The van der Waals surface area contributed by atoms with Crippen LogP contribution in [0.2, 0.25) is 0 Å². The lowest BCUT2D eigenvalue weighted by Gasteiger charge is -2.30. The zero-order valence-electron chi connectivity index (χ0n) is 15.3. The van der Waals surface area contributed by atoms with Crippen LogP contribution >= 0.6 is 11.3 Å². The molecule has 1 unspecified atom stereocenters. The molecule has 0 aliphatic carbocycles. The summed E-state index contributed by atoms with van der Waals surface area (Å²) in [5.74, 6) is 0.544. The number of nitrogens with one attached hydrogen (secondary N) is 1. The second-order valence-electron chi connectivity index (χ2n) is 6.76. The summed E-state index contributed by atoms with van der Waals surface area (Å²) in [6.45, 7) is 8.86. The Balaban J connectivity index is 1.91.